The maximum atomic E-state index is 13.6. The van der Waals surface area contributed by atoms with Crippen molar-refractivity contribution in [1.29, 1.82) is 0 Å². The largest absolute Gasteiger partial charge is 0.353 e. The lowest BCUT2D eigenvalue weighted by atomic mass is 9.85. The van der Waals surface area contributed by atoms with Crippen LogP contribution in [0.3, 0.4) is 0 Å². The van der Waals surface area contributed by atoms with E-state index in [2.05, 4.69) is 28.2 Å². The first-order valence-electron chi connectivity index (χ1n) is 12.2. The van der Waals surface area contributed by atoms with Crippen molar-refractivity contribution in [3.8, 4) is 0 Å². The van der Waals surface area contributed by atoms with Gasteiger partial charge in [-0.05, 0) is 71.6 Å². The van der Waals surface area contributed by atoms with Crippen LogP contribution >= 0.6 is 15.9 Å². The summed E-state index contributed by atoms with van der Waals surface area (Å²) in [7, 11) is -3.81. The summed E-state index contributed by atoms with van der Waals surface area (Å²) in [6.07, 6.45) is 6.90. The number of carbonyl (C=O) groups excluding carboxylic acids is 2. The molecular weight excluding hydrogens is 506 g/mol. The molecule has 0 bridgehead atoms. The minimum atomic E-state index is -3.81. The number of nitrogens with one attached hydrogen (secondary N) is 1. The van der Waals surface area contributed by atoms with Crippen LogP contribution in [0.25, 0.3) is 0 Å². The van der Waals surface area contributed by atoms with Crippen molar-refractivity contribution < 1.29 is 18.0 Å². The number of rotatable bonds is 5. The van der Waals surface area contributed by atoms with Crippen molar-refractivity contribution in [2.24, 2.45) is 11.8 Å². The van der Waals surface area contributed by atoms with Crippen molar-refractivity contribution in [2.45, 2.75) is 76.2 Å². The molecule has 1 saturated carbocycles. The smallest absolute Gasteiger partial charge is 0.244 e. The Morgan fingerprint density at radius 1 is 1.12 bits per heavy atom. The highest BCUT2D eigenvalue weighted by Crippen LogP contribution is 2.37. The van der Waals surface area contributed by atoms with Crippen molar-refractivity contribution >= 4 is 43.5 Å². The number of nitrogens with zero attached hydrogens (tertiary/aromatic N) is 2. The molecular formula is C24H34BrN3O4S. The second-order valence-electron chi connectivity index (χ2n) is 9.64. The summed E-state index contributed by atoms with van der Waals surface area (Å²) in [5.74, 6) is 0.0868. The number of anilines is 1. The standard InChI is InChI=1S/C24H34BrN3O4S/c1-3-23(29)28-12-10-17-13-19(25)22(14-21(17)28)33(31,32)27-11-6-8-18(15-27)24(30)26-20-9-5-4-7-16(20)2/h13-14,16,18,20H,3-12,15H2,1-2H3,(H,26,30). The summed E-state index contributed by atoms with van der Waals surface area (Å²) < 4.78 is 29.2. The number of sulfonamides is 1. The van der Waals surface area contributed by atoms with E-state index in [1.54, 1.807) is 11.0 Å². The highest BCUT2D eigenvalue weighted by Gasteiger charge is 2.37. The molecule has 9 heteroatoms. The molecule has 1 aromatic carbocycles. The Hall–Kier alpha value is -1.45. The number of halogens is 1. The molecule has 4 rings (SSSR count). The van der Waals surface area contributed by atoms with E-state index in [1.165, 1.54) is 10.7 Å². The number of carbonyl (C=O) groups is 2. The van der Waals surface area contributed by atoms with Gasteiger partial charge in [-0.1, -0.05) is 26.7 Å². The summed E-state index contributed by atoms with van der Waals surface area (Å²) in [5, 5.41) is 3.21. The topological polar surface area (TPSA) is 86.8 Å². The Labute approximate surface area is 205 Å². The highest BCUT2D eigenvalue weighted by molar-refractivity contribution is 9.10. The second kappa shape index (κ2) is 10.0. The maximum absolute atomic E-state index is 13.6. The van der Waals surface area contributed by atoms with Gasteiger partial charge in [0.05, 0.1) is 10.8 Å². The Morgan fingerprint density at radius 2 is 1.88 bits per heavy atom. The van der Waals surface area contributed by atoms with Crippen molar-refractivity contribution in [3.05, 3.63) is 22.2 Å². The van der Waals surface area contributed by atoms with Crippen LogP contribution in [0.1, 0.15) is 64.4 Å². The van der Waals surface area contributed by atoms with Gasteiger partial charge in [-0.25, -0.2) is 8.42 Å². The zero-order valence-corrected chi connectivity index (χ0v) is 21.9. The molecule has 0 aromatic heterocycles. The van der Waals surface area contributed by atoms with Crippen molar-refractivity contribution in [3.63, 3.8) is 0 Å². The molecule has 182 valence electrons. The van der Waals surface area contributed by atoms with Gasteiger partial charge in [0.15, 0.2) is 0 Å². The Morgan fingerprint density at radius 3 is 2.61 bits per heavy atom. The van der Waals surface area contributed by atoms with Gasteiger partial charge in [0.2, 0.25) is 21.8 Å². The van der Waals surface area contributed by atoms with Gasteiger partial charge < -0.3 is 10.2 Å². The monoisotopic (exact) mass is 539 g/mol. The van der Waals surface area contributed by atoms with E-state index in [-0.39, 0.29) is 35.2 Å². The first kappa shape index (κ1) is 24.7. The molecule has 1 N–H and O–H groups in total. The Kier molecular flexibility index (Phi) is 7.50. The molecule has 0 spiro atoms. The fourth-order valence-electron chi connectivity index (χ4n) is 5.38. The maximum Gasteiger partial charge on any atom is 0.244 e. The average Bonchev–Trinajstić information content (AvgIpc) is 3.22. The summed E-state index contributed by atoms with van der Waals surface area (Å²) >= 11 is 3.45. The van der Waals surface area contributed by atoms with Crippen LogP contribution in [0.15, 0.2) is 21.5 Å². The lowest BCUT2D eigenvalue weighted by Gasteiger charge is -2.34. The number of hydrogen-bond donors (Lipinski definition) is 1. The van der Waals surface area contributed by atoms with Crippen LogP contribution in [0, 0.1) is 11.8 Å². The lowest BCUT2D eigenvalue weighted by Crippen LogP contribution is -2.49. The third-order valence-electron chi connectivity index (χ3n) is 7.44. The molecule has 33 heavy (non-hydrogen) atoms. The van der Waals surface area contributed by atoms with Crippen LogP contribution in [0.2, 0.25) is 0 Å². The fraction of sp³-hybridized carbons (Fsp3) is 0.667. The third-order valence-corrected chi connectivity index (χ3v) is 10.3. The molecule has 1 aromatic rings. The Balaban J connectivity index is 1.52. The van der Waals surface area contributed by atoms with Gasteiger partial charge in [-0.15, -0.1) is 0 Å². The van der Waals surface area contributed by atoms with E-state index in [1.807, 2.05) is 13.0 Å². The first-order chi connectivity index (χ1) is 15.7. The summed E-state index contributed by atoms with van der Waals surface area (Å²) in [5.41, 5.74) is 1.65. The van der Waals surface area contributed by atoms with E-state index in [4.69, 9.17) is 0 Å². The SMILES string of the molecule is CCC(=O)N1CCc2cc(Br)c(S(=O)(=O)N3CCCC(C(=O)NC4CCCCC4C)C3)cc21. The summed E-state index contributed by atoms with van der Waals surface area (Å²) in [6.45, 7) is 5.15. The van der Waals surface area contributed by atoms with Gasteiger partial charge in [0.25, 0.3) is 0 Å². The zero-order valence-electron chi connectivity index (χ0n) is 19.5. The van der Waals surface area contributed by atoms with Gasteiger partial charge >= 0.3 is 0 Å². The molecule has 3 unspecified atom stereocenters. The van der Waals surface area contributed by atoms with Gasteiger partial charge in [0.1, 0.15) is 0 Å². The van der Waals surface area contributed by atoms with Gasteiger partial charge in [0, 0.05) is 42.3 Å². The number of hydrogen-bond acceptors (Lipinski definition) is 4. The molecule has 7 nitrogen and oxygen atoms in total. The first-order valence-corrected chi connectivity index (χ1v) is 14.4. The van der Waals surface area contributed by atoms with Gasteiger partial charge in [-0.3, -0.25) is 9.59 Å². The predicted octanol–water partition coefficient (Wildman–Crippen LogP) is 3.84. The van der Waals surface area contributed by atoms with E-state index < -0.39 is 10.0 Å². The molecule has 2 heterocycles. The van der Waals surface area contributed by atoms with Crippen LogP contribution < -0.4 is 10.2 Å². The molecule has 2 fully saturated rings. The molecule has 1 saturated heterocycles. The Bertz CT molecular complexity index is 1030. The average molecular weight is 541 g/mol. The molecule has 2 amide bonds. The molecule has 3 aliphatic rings. The predicted molar refractivity (Wildman–Crippen MR) is 132 cm³/mol. The molecule has 0 radical (unpaired) electrons. The van der Waals surface area contributed by atoms with Crippen LogP contribution in [0.5, 0.6) is 0 Å². The number of fused-ring (bicyclic) bond motifs is 1. The quantitative estimate of drug-likeness (QED) is 0.615. The minimum absolute atomic E-state index is 0.00827. The van der Waals surface area contributed by atoms with E-state index in [0.29, 0.717) is 54.9 Å². The van der Waals surface area contributed by atoms with Crippen LogP contribution in [0.4, 0.5) is 5.69 Å². The van der Waals surface area contributed by atoms with Crippen molar-refractivity contribution in [1.82, 2.24) is 9.62 Å². The van der Waals surface area contributed by atoms with Crippen LogP contribution in [-0.4, -0.2) is 50.2 Å². The van der Waals surface area contributed by atoms with E-state index >= 15 is 0 Å². The lowest BCUT2D eigenvalue weighted by molar-refractivity contribution is -0.127. The van der Waals surface area contributed by atoms with Crippen molar-refractivity contribution in [2.75, 3.05) is 24.5 Å². The molecule has 2 aliphatic heterocycles. The number of piperidine rings is 1. The molecule has 3 atom stereocenters. The van der Waals surface area contributed by atoms with E-state index in [9.17, 15) is 18.0 Å². The van der Waals surface area contributed by atoms with Gasteiger partial charge in [-0.2, -0.15) is 4.31 Å². The summed E-state index contributed by atoms with van der Waals surface area (Å²) in [6, 6.07) is 3.64. The third kappa shape index (κ3) is 5.00. The zero-order chi connectivity index (χ0) is 23.8. The van der Waals surface area contributed by atoms with E-state index in [0.717, 1.165) is 24.8 Å². The summed E-state index contributed by atoms with van der Waals surface area (Å²) in [4.78, 5) is 27.2. The number of benzene rings is 1. The van der Waals surface area contributed by atoms with Crippen LogP contribution in [-0.2, 0) is 26.0 Å². The fourth-order valence-corrected chi connectivity index (χ4v) is 7.97. The minimum Gasteiger partial charge on any atom is -0.353 e. The molecule has 1 aliphatic carbocycles. The normalized spacial score (nSPS) is 26.2. The highest BCUT2D eigenvalue weighted by atomic mass is 79.9. The number of amides is 2. The second-order valence-corrected chi connectivity index (χ2v) is 12.4.